The van der Waals surface area contributed by atoms with Gasteiger partial charge in [-0.15, -0.1) is 0 Å². The molecule has 1 aromatic carbocycles. The van der Waals surface area contributed by atoms with Crippen molar-refractivity contribution in [2.45, 2.75) is 31.8 Å². The van der Waals surface area contributed by atoms with Crippen molar-refractivity contribution in [1.29, 1.82) is 0 Å². The molecule has 1 atom stereocenters. The van der Waals surface area contributed by atoms with Gasteiger partial charge in [0.05, 0.1) is 4.92 Å². The molecule has 3 rings (SSSR count). The third-order valence-electron chi connectivity index (χ3n) is 4.50. The summed E-state index contributed by atoms with van der Waals surface area (Å²) in [5.74, 6) is -0.0946. The first-order chi connectivity index (χ1) is 11.9. The molecule has 0 saturated carbocycles. The van der Waals surface area contributed by atoms with Gasteiger partial charge in [-0.25, -0.2) is 0 Å². The summed E-state index contributed by atoms with van der Waals surface area (Å²) in [6.07, 6.45) is 3.32. The summed E-state index contributed by atoms with van der Waals surface area (Å²) in [5.41, 5.74) is -0.0646. The van der Waals surface area contributed by atoms with Gasteiger partial charge in [0, 0.05) is 24.8 Å². The van der Waals surface area contributed by atoms with Crippen LogP contribution < -0.4 is 5.32 Å². The molecule has 0 bridgehead atoms. The molecule has 25 heavy (non-hydrogen) atoms. The number of rotatable bonds is 5. The molecule has 1 aliphatic heterocycles. The van der Waals surface area contributed by atoms with Crippen LogP contribution in [0.5, 0.6) is 0 Å². The number of hydrogen-bond donors (Lipinski definition) is 1. The molecule has 2 aromatic rings. The van der Waals surface area contributed by atoms with E-state index in [4.69, 9.17) is 0 Å². The normalized spacial score (nSPS) is 17.5. The Morgan fingerprint density at radius 2 is 2.08 bits per heavy atom. The third-order valence-corrected chi connectivity index (χ3v) is 4.50. The summed E-state index contributed by atoms with van der Waals surface area (Å²) in [7, 11) is 0. The van der Waals surface area contributed by atoms with Crippen molar-refractivity contribution in [2.24, 2.45) is 0 Å². The van der Waals surface area contributed by atoms with Crippen LogP contribution in [0.4, 0.5) is 11.4 Å². The van der Waals surface area contributed by atoms with Crippen molar-refractivity contribution < 1.29 is 9.72 Å². The maximum absolute atomic E-state index is 12.9. The van der Waals surface area contributed by atoms with Gasteiger partial charge in [-0.05, 0) is 32.4 Å². The number of carbonyl (C=O) groups is 1. The van der Waals surface area contributed by atoms with Crippen LogP contribution in [-0.4, -0.2) is 44.6 Å². The lowest BCUT2D eigenvalue weighted by Gasteiger charge is -2.29. The summed E-state index contributed by atoms with van der Waals surface area (Å²) < 4.78 is 1.37. The summed E-state index contributed by atoms with van der Waals surface area (Å²) in [4.78, 5) is 25.0. The number of benzene rings is 1. The lowest BCUT2D eigenvalue weighted by atomic mass is 10.0. The SMILES string of the molecule is CC(C)(C(=O)N1CC[C@H](Nc2ccccc2)C1)n1cc([N+](=O)[O-])cn1. The quantitative estimate of drug-likeness (QED) is 0.664. The van der Waals surface area contributed by atoms with Crippen LogP contribution >= 0.6 is 0 Å². The van der Waals surface area contributed by atoms with Crippen molar-refractivity contribution in [2.75, 3.05) is 18.4 Å². The van der Waals surface area contributed by atoms with Gasteiger partial charge < -0.3 is 10.2 Å². The molecule has 2 heterocycles. The Balaban J connectivity index is 1.67. The van der Waals surface area contributed by atoms with Crippen molar-refractivity contribution in [3.63, 3.8) is 0 Å². The molecule has 1 amide bonds. The molecule has 0 spiro atoms. The first kappa shape index (κ1) is 16.9. The van der Waals surface area contributed by atoms with Crippen LogP contribution in [-0.2, 0) is 10.3 Å². The molecule has 132 valence electrons. The smallest absolute Gasteiger partial charge is 0.307 e. The highest BCUT2D eigenvalue weighted by Crippen LogP contribution is 2.24. The van der Waals surface area contributed by atoms with Crippen molar-refractivity contribution in [3.05, 3.63) is 52.8 Å². The number of anilines is 1. The van der Waals surface area contributed by atoms with Crippen LogP contribution in [0.1, 0.15) is 20.3 Å². The lowest BCUT2D eigenvalue weighted by Crippen LogP contribution is -2.46. The maximum Gasteiger partial charge on any atom is 0.307 e. The van der Waals surface area contributed by atoms with Gasteiger partial charge in [-0.2, -0.15) is 5.10 Å². The highest BCUT2D eigenvalue weighted by atomic mass is 16.6. The number of nitrogens with one attached hydrogen (secondary N) is 1. The number of likely N-dealkylation sites (tertiary alicyclic amines) is 1. The largest absolute Gasteiger partial charge is 0.380 e. The zero-order valence-electron chi connectivity index (χ0n) is 14.3. The number of amides is 1. The molecular formula is C17H21N5O3. The number of hydrogen-bond acceptors (Lipinski definition) is 5. The Labute approximate surface area is 145 Å². The molecule has 1 aliphatic rings. The van der Waals surface area contributed by atoms with Crippen LogP contribution in [0.25, 0.3) is 0 Å². The van der Waals surface area contributed by atoms with Gasteiger partial charge in [-0.1, -0.05) is 18.2 Å². The van der Waals surface area contributed by atoms with E-state index in [0.717, 1.165) is 12.1 Å². The minimum atomic E-state index is -0.976. The zero-order valence-corrected chi connectivity index (χ0v) is 14.3. The minimum absolute atomic E-state index is 0.0946. The summed E-state index contributed by atoms with van der Waals surface area (Å²) in [6.45, 7) is 4.70. The fourth-order valence-electron chi connectivity index (χ4n) is 3.03. The summed E-state index contributed by atoms with van der Waals surface area (Å²) in [6, 6.07) is 10.1. The van der Waals surface area contributed by atoms with E-state index in [1.54, 1.807) is 18.7 Å². The van der Waals surface area contributed by atoms with E-state index in [-0.39, 0.29) is 17.6 Å². The Kier molecular flexibility index (Phi) is 4.43. The average Bonchev–Trinajstić information content (AvgIpc) is 3.25. The van der Waals surface area contributed by atoms with E-state index < -0.39 is 10.5 Å². The van der Waals surface area contributed by atoms with E-state index in [0.29, 0.717) is 13.1 Å². The van der Waals surface area contributed by atoms with E-state index in [9.17, 15) is 14.9 Å². The molecule has 1 aromatic heterocycles. The average molecular weight is 343 g/mol. The highest BCUT2D eigenvalue weighted by molar-refractivity contribution is 5.84. The number of para-hydroxylation sites is 1. The Hall–Kier alpha value is -2.90. The molecule has 8 nitrogen and oxygen atoms in total. The van der Waals surface area contributed by atoms with Gasteiger partial charge in [0.15, 0.2) is 0 Å². The Morgan fingerprint density at radius 3 is 2.72 bits per heavy atom. The lowest BCUT2D eigenvalue weighted by molar-refractivity contribution is -0.385. The Morgan fingerprint density at radius 1 is 1.36 bits per heavy atom. The van der Waals surface area contributed by atoms with Gasteiger partial charge >= 0.3 is 5.69 Å². The number of aromatic nitrogens is 2. The summed E-state index contributed by atoms with van der Waals surface area (Å²) >= 11 is 0. The number of nitrogens with zero attached hydrogens (tertiary/aromatic N) is 4. The maximum atomic E-state index is 12.9. The van der Waals surface area contributed by atoms with E-state index in [1.807, 2.05) is 30.3 Å². The number of nitro groups is 1. The molecule has 0 aliphatic carbocycles. The highest BCUT2D eigenvalue weighted by Gasteiger charge is 2.38. The molecule has 0 radical (unpaired) electrons. The predicted octanol–water partition coefficient (Wildman–Crippen LogP) is 2.24. The van der Waals surface area contributed by atoms with Crippen molar-refractivity contribution in [1.82, 2.24) is 14.7 Å². The van der Waals surface area contributed by atoms with Crippen LogP contribution in [0.2, 0.25) is 0 Å². The van der Waals surface area contributed by atoms with E-state index in [2.05, 4.69) is 10.4 Å². The second-order valence-corrected chi connectivity index (χ2v) is 6.71. The predicted molar refractivity (Wildman–Crippen MR) is 93.3 cm³/mol. The molecular weight excluding hydrogens is 322 g/mol. The fraction of sp³-hybridized carbons (Fsp3) is 0.412. The zero-order chi connectivity index (χ0) is 18.0. The van der Waals surface area contributed by atoms with Crippen LogP contribution in [0.3, 0.4) is 0 Å². The van der Waals surface area contributed by atoms with Gasteiger partial charge in [0.2, 0.25) is 5.91 Å². The standard InChI is InChI=1S/C17H21N5O3/c1-17(2,21-12-15(10-18-21)22(24)25)16(23)20-9-8-14(11-20)19-13-6-4-3-5-7-13/h3-7,10,12,14,19H,8-9,11H2,1-2H3/t14-/m0/s1. The van der Waals surface area contributed by atoms with E-state index >= 15 is 0 Å². The molecule has 1 fully saturated rings. The fourth-order valence-corrected chi connectivity index (χ4v) is 3.03. The first-order valence-corrected chi connectivity index (χ1v) is 8.18. The van der Waals surface area contributed by atoms with Gasteiger partial charge in [0.25, 0.3) is 0 Å². The first-order valence-electron chi connectivity index (χ1n) is 8.18. The minimum Gasteiger partial charge on any atom is -0.380 e. The molecule has 8 heteroatoms. The topological polar surface area (TPSA) is 93.3 Å². The molecule has 0 unspecified atom stereocenters. The third kappa shape index (κ3) is 3.47. The van der Waals surface area contributed by atoms with Crippen LogP contribution in [0, 0.1) is 10.1 Å². The molecule has 1 N–H and O–H groups in total. The molecule has 1 saturated heterocycles. The second-order valence-electron chi connectivity index (χ2n) is 6.71. The second kappa shape index (κ2) is 6.54. The van der Waals surface area contributed by atoms with Crippen LogP contribution in [0.15, 0.2) is 42.7 Å². The van der Waals surface area contributed by atoms with E-state index in [1.165, 1.54) is 17.1 Å². The number of carbonyl (C=O) groups excluding carboxylic acids is 1. The van der Waals surface area contributed by atoms with Gasteiger partial charge in [0.1, 0.15) is 17.9 Å². The Bertz CT molecular complexity index is 772. The van der Waals surface area contributed by atoms with Crippen molar-refractivity contribution in [3.8, 4) is 0 Å². The summed E-state index contributed by atoms with van der Waals surface area (Å²) in [5, 5.41) is 18.3. The monoisotopic (exact) mass is 343 g/mol. The van der Waals surface area contributed by atoms with Crippen molar-refractivity contribution >= 4 is 17.3 Å². The van der Waals surface area contributed by atoms with Gasteiger partial charge in [-0.3, -0.25) is 19.6 Å².